The third-order valence-corrected chi connectivity index (χ3v) is 8.37. The Balaban J connectivity index is 0.000000217. The van der Waals surface area contributed by atoms with E-state index in [2.05, 4.69) is 38.1 Å². The molecule has 0 fully saturated rings. The fraction of sp³-hybridized carbons (Fsp3) is 0.122. The number of anilines is 4. The molecule has 53 heavy (non-hydrogen) atoms. The van der Waals surface area contributed by atoms with Crippen LogP contribution in [0, 0.1) is 0 Å². The summed E-state index contributed by atoms with van der Waals surface area (Å²) in [6.45, 7) is 4.41. The van der Waals surface area contributed by atoms with Gasteiger partial charge in [0.05, 0.1) is 11.1 Å². The van der Waals surface area contributed by atoms with Crippen LogP contribution in [-0.2, 0) is 17.8 Å². The molecule has 6 aromatic rings. The molecule has 6 nitrogen and oxygen atoms in total. The van der Waals surface area contributed by atoms with Crippen molar-refractivity contribution >= 4 is 22.7 Å². The van der Waals surface area contributed by atoms with Gasteiger partial charge < -0.3 is 32.4 Å². The van der Waals surface area contributed by atoms with E-state index in [1.54, 1.807) is 0 Å². The van der Waals surface area contributed by atoms with Crippen molar-refractivity contribution < 1.29 is 35.8 Å². The summed E-state index contributed by atoms with van der Waals surface area (Å²) in [4.78, 5) is 0. The van der Waals surface area contributed by atoms with Crippen LogP contribution in [0.2, 0.25) is 0 Å². The molecule has 0 saturated heterocycles. The first-order chi connectivity index (χ1) is 24.9. The Bertz CT molecular complexity index is 1990. The van der Waals surface area contributed by atoms with E-state index in [0.29, 0.717) is 23.5 Å². The van der Waals surface area contributed by atoms with Gasteiger partial charge in [-0.3, -0.25) is 0 Å². The average molecular weight is 731 g/mol. The number of ether oxygens (including phenoxy) is 2. The smallest absolute Gasteiger partial charge is 0.417 e. The summed E-state index contributed by atoms with van der Waals surface area (Å²) in [6, 6.07) is 36.4. The van der Waals surface area contributed by atoms with Crippen LogP contribution in [0.25, 0.3) is 11.1 Å². The molecule has 6 aromatic carbocycles. The standard InChI is InChI=1S/C27H26N2O2.C14H10F6N2/c1-27(2,19-3-11-23(12-4-19)30-25-15-7-21(28)8-16-25)20-5-13-24(14-6-20)31-26-17-9-22(29)10-18-26;15-13(16,17)11-5-7(21)1-3-9(11)10-4-2-8(22)6-12(10)14(18,19)20/h3-18H,28-29H2,1-2H3;1-6H,21-22H2. The molecule has 0 aliphatic rings. The van der Waals surface area contributed by atoms with Crippen molar-refractivity contribution in [2.24, 2.45) is 0 Å². The third kappa shape index (κ3) is 9.53. The number of halogens is 6. The van der Waals surface area contributed by atoms with Crippen LogP contribution < -0.4 is 32.4 Å². The van der Waals surface area contributed by atoms with E-state index < -0.39 is 34.6 Å². The van der Waals surface area contributed by atoms with Crippen molar-refractivity contribution in [3.63, 3.8) is 0 Å². The Morgan fingerprint density at radius 3 is 0.925 bits per heavy atom. The predicted octanol–water partition coefficient (Wildman–Crippen LogP) is 11.3. The lowest BCUT2D eigenvalue weighted by molar-refractivity contribution is -0.139. The lowest BCUT2D eigenvalue weighted by Gasteiger charge is -2.26. The Kier molecular flexibility index (Phi) is 10.8. The van der Waals surface area contributed by atoms with Crippen molar-refractivity contribution in [2.45, 2.75) is 31.6 Å². The van der Waals surface area contributed by atoms with Gasteiger partial charge in [-0.2, -0.15) is 26.3 Å². The topological polar surface area (TPSA) is 123 Å². The zero-order valence-corrected chi connectivity index (χ0v) is 28.6. The highest BCUT2D eigenvalue weighted by molar-refractivity contribution is 5.75. The van der Waals surface area contributed by atoms with E-state index in [1.807, 2.05) is 72.8 Å². The van der Waals surface area contributed by atoms with E-state index in [1.165, 1.54) is 11.1 Å². The molecule has 0 aromatic heterocycles. The predicted molar refractivity (Wildman–Crippen MR) is 198 cm³/mol. The molecule has 0 atom stereocenters. The number of rotatable bonds is 7. The van der Waals surface area contributed by atoms with Gasteiger partial charge in [0.15, 0.2) is 0 Å². The Morgan fingerprint density at radius 2 is 0.642 bits per heavy atom. The number of nitrogen functional groups attached to an aromatic ring is 4. The zero-order chi connectivity index (χ0) is 38.6. The summed E-state index contributed by atoms with van der Waals surface area (Å²) in [5, 5.41) is 0. The minimum Gasteiger partial charge on any atom is -0.457 e. The highest BCUT2D eigenvalue weighted by Gasteiger charge is 2.38. The summed E-state index contributed by atoms with van der Waals surface area (Å²) in [7, 11) is 0. The molecule has 6 rings (SSSR count). The van der Waals surface area contributed by atoms with Gasteiger partial charge in [0.25, 0.3) is 0 Å². The molecule has 8 N–H and O–H groups in total. The molecule has 0 spiro atoms. The monoisotopic (exact) mass is 730 g/mol. The van der Waals surface area contributed by atoms with Gasteiger partial charge >= 0.3 is 12.4 Å². The van der Waals surface area contributed by atoms with E-state index in [-0.39, 0.29) is 16.8 Å². The number of benzene rings is 6. The summed E-state index contributed by atoms with van der Waals surface area (Å²) in [5.74, 6) is 3.10. The van der Waals surface area contributed by atoms with E-state index in [9.17, 15) is 26.3 Å². The maximum absolute atomic E-state index is 13.1. The second-order valence-electron chi connectivity index (χ2n) is 12.6. The molecule has 0 aliphatic heterocycles. The first-order valence-electron chi connectivity index (χ1n) is 16.1. The van der Waals surface area contributed by atoms with Crippen molar-refractivity contribution in [3.8, 4) is 34.1 Å². The lowest BCUT2D eigenvalue weighted by atomic mass is 9.78. The van der Waals surface area contributed by atoms with Gasteiger partial charge in [0.1, 0.15) is 23.0 Å². The maximum Gasteiger partial charge on any atom is 0.417 e. The van der Waals surface area contributed by atoms with Crippen molar-refractivity contribution in [1.29, 1.82) is 0 Å². The van der Waals surface area contributed by atoms with Gasteiger partial charge in [-0.15, -0.1) is 0 Å². The largest absolute Gasteiger partial charge is 0.457 e. The second-order valence-corrected chi connectivity index (χ2v) is 12.6. The molecular weight excluding hydrogens is 694 g/mol. The van der Waals surface area contributed by atoms with E-state index in [0.717, 1.165) is 47.3 Å². The molecule has 0 saturated carbocycles. The molecule has 0 unspecified atom stereocenters. The summed E-state index contributed by atoms with van der Waals surface area (Å²) in [6.07, 6.45) is -9.68. The summed E-state index contributed by atoms with van der Waals surface area (Å²) in [5.41, 5.74) is 21.7. The van der Waals surface area contributed by atoms with Crippen LogP contribution >= 0.6 is 0 Å². The minimum absolute atomic E-state index is 0.167. The molecule has 12 heteroatoms. The van der Waals surface area contributed by atoms with Gasteiger partial charge in [-0.1, -0.05) is 50.2 Å². The fourth-order valence-corrected chi connectivity index (χ4v) is 5.45. The van der Waals surface area contributed by atoms with Crippen LogP contribution in [0.5, 0.6) is 23.0 Å². The lowest BCUT2D eigenvalue weighted by Crippen LogP contribution is -2.18. The number of nitrogens with two attached hydrogens (primary N) is 4. The van der Waals surface area contributed by atoms with Crippen LogP contribution in [0.1, 0.15) is 36.1 Å². The van der Waals surface area contributed by atoms with Gasteiger partial charge in [0.2, 0.25) is 0 Å². The molecule has 0 bridgehead atoms. The first kappa shape index (κ1) is 37.9. The van der Waals surface area contributed by atoms with Gasteiger partial charge in [-0.05, 0) is 119 Å². The van der Waals surface area contributed by atoms with Crippen LogP contribution in [0.3, 0.4) is 0 Å². The normalized spacial score (nSPS) is 11.7. The number of hydrogen-bond acceptors (Lipinski definition) is 6. The van der Waals surface area contributed by atoms with Crippen LogP contribution in [0.4, 0.5) is 49.1 Å². The van der Waals surface area contributed by atoms with E-state index >= 15 is 0 Å². The fourth-order valence-electron chi connectivity index (χ4n) is 5.45. The Labute approximate surface area is 302 Å². The first-order valence-corrected chi connectivity index (χ1v) is 16.1. The maximum atomic E-state index is 13.1. The molecule has 0 amide bonds. The Hall–Kier alpha value is -6.30. The molecule has 0 radical (unpaired) electrons. The van der Waals surface area contributed by atoms with Gasteiger partial charge in [0, 0.05) is 28.2 Å². The molecular formula is C41H36F6N4O2. The highest BCUT2D eigenvalue weighted by Crippen LogP contribution is 2.44. The SMILES string of the molecule is CC(C)(c1ccc(Oc2ccc(N)cc2)cc1)c1ccc(Oc2ccc(N)cc2)cc1.Nc1ccc(-c2ccc(N)cc2C(F)(F)F)c(C(F)(F)F)c1. The van der Waals surface area contributed by atoms with Crippen molar-refractivity contribution in [1.82, 2.24) is 0 Å². The Morgan fingerprint density at radius 1 is 0.377 bits per heavy atom. The minimum atomic E-state index is -4.84. The number of hydrogen-bond donors (Lipinski definition) is 4. The average Bonchev–Trinajstić information content (AvgIpc) is 3.10. The van der Waals surface area contributed by atoms with Crippen LogP contribution in [-0.4, -0.2) is 0 Å². The summed E-state index contributed by atoms with van der Waals surface area (Å²) >= 11 is 0. The second kappa shape index (κ2) is 15.1. The summed E-state index contributed by atoms with van der Waals surface area (Å²) < 4.78 is 90.2. The third-order valence-electron chi connectivity index (χ3n) is 8.37. The highest BCUT2D eigenvalue weighted by atomic mass is 19.4. The number of alkyl halides is 6. The van der Waals surface area contributed by atoms with Gasteiger partial charge in [-0.25, -0.2) is 0 Å². The zero-order valence-electron chi connectivity index (χ0n) is 28.6. The van der Waals surface area contributed by atoms with Crippen molar-refractivity contribution in [2.75, 3.05) is 22.9 Å². The molecule has 0 heterocycles. The van der Waals surface area contributed by atoms with Crippen molar-refractivity contribution in [3.05, 3.63) is 156 Å². The quantitative estimate of drug-likeness (QED) is 0.0958. The molecule has 274 valence electrons. The van der Waals surface area contributed by atoms with E-state index in [4.69, 9.17) is 32.4 Å². The molecule has 0 aliphatic carbocycles. The van der Waals surface area contributed by atoms with Crippen LogP contribution in [0.15, 0.2) is 133 Å².